The second-order valence-electron chi connectivity index (χ2n) is 5.09. The first-order valence-corrected chi connectivity index (χ1v) is 6.63. The van der Waals surface area contributed by atoms with Gasteiger partial charge >= 0.3 is 0 Å². The lowest BCUT2D eigenvalue weighted by atomic mass is 9.99. The van der Waals surface area contributed by atoms with Crippen LogP contribution < -0.4 is 0 Å². The molecule has 1 aliphatic rings. The summed E-state index contributed by atoms with van der Waals surface area (Å²) in [5, 5.41) is 18.8. The van der Waals surface area contributed by atoms with Gasteiger partial charge in [0.1, 0.15) is 5.82 Å². The Hall–Kier alpha value is -2.56. The van der Waals surface area contributed by atoms with Gasteiger partial charge in [-0.2, -0.15) is 0 Å². The maximum absolute atomic E-state index is 13.2. The summed E-state index contributed by atoms with van der Waals surface area (Å²) in [7, 11) is 0. The smallest absolute Gasteiger partial charge is 0.254 e. The van der Waals surface area contributed by atoms with Gasteiger partial charge in [-0.25, -0.2) is 4.39 Å². The fraction of sp³-hybridized carbons (Fsp3) is 0.188. The first-order valence-electron chi connectivity index (χ1n) is 6.63. The molecule has 0 saturated carbocycles. The summed E-state index contributed by atoms with van der Waals surface area (Å²) in [5.74, 6) is -1.07. The molecule has 3 rings (SSSR count). The quantitative estimate of drug-likeness (QED) is 0.792. The van der Waals surface area contributed by atoms with E-state index in [1.54, 1.807) is 11.0 Å². The van der Waals surface area contributed by atoms with E-state index in [1.165, 1.54) is 30.3 Å². The maximum Gasteiger partial charge on any atom is 0.254 e. The average Bonchev–Trinajstić information content (AvgIpc) is 2.49. The van der Waals surface area contributed by atoms with Crippen LogP contribution in [-0.4, -0.2) is 27.6 Å². The fourth-order valence-electron chi connectivity index (χ4n) is 2.53. The monoisotopic (exact) mass is 287 g/mol. The molecule has 1 aliphatic heterocycles. The molecule has 2 aromatic rings. The Morgan fingerprint density at radius 2 is 1.86 bits per heavy atom. The number of aromatic hydroxyl groups is 2. The van der Waals surface area contributed by atoms with Crippen LogP contribution in [0.5, 0.6) is 11.5 Å². The molecule has 21 heavy (non-hydrogen) atoms. The molecule has 0 unspecified atom stereocenters. The summed E-state index contributed by atoms with van der Waals surface area (Å²) in [6, 6.07) is 8.59. The van der Waals surface area contributed by atoms with Crippen LogP contribution in [0.4, 0.5) is 4.39 Å². The number of hydrogen-bond acceptors (Lipinski definition) is 3. The molecule has 0 radical (unpaired) electrons. The number of nitrogens with zero attached hydrogens (tertiary/aromatic N) is 1. The molecular weight excluding hydrogens is 273 g/mol. The van der Waals surface area contributed by atoms with E-state index in [0.29, 0.717) is 25.1 Å². The SMILES string of the molecule is O=C(c1ccc(O)c(O)c1)N1CCc2cc(F)ccc2C1. The van der Waals surface area contributed by atoms with E-state index in [2.05, 4.69) is 0 Å². The summed E-state index contributed by atoms with van der Waals surface area (Å²) >= 11 is 0. The van der Waals surface area contributed by atoms with Crippen LogP contribution in [0.1, 0.15) is 21.5 Å². The first-order chi connectivity index (χ1) is 10.0. The lowest BCUT2D eigenvalue weighted by Crippen LogP contribution is -2.36. The highest BCUT2D eigenvalue weighted by Gasteiger charge is 2.22. The predicted octanol–water partition coefficient (Wildman–Crippen LogP) is 2.44. The van der Waals surface area contributed by atoms with Gasteiger partial charge in [-0.1, -0.05) is 6.07 Å². The maximum atomic E-state index is 13.2. The minimum absolute atomic E-state index is 0.222. The van der Waals surface area contributed by atoms with Crippen molar-refractivity contribution >= 4 is 5.91 Å². The molecule has 108 valence electrons. The van der Waals surface area contributed by atoms with Crippen molar-refractivity contribution in [3.63, 3.8) is 0 Å². The van der Waals surface area contributed by atoms with Crippen LogP contribution in [0.2, 0.25) is 0 Å². The van der Waals surface area contributed by atoms with Gasteiger partial charge in [0.25, 0.3) is 5.91 Å². The summed E-state index contributed by atoms with van der Waals surface area (Å²) in [6.07, 6.45) is 0.600. The van der Waals surface area contributed by atoms with Gasteiger partial charge in [-0.3, -0.25) is 4.79 Å². The molecule has 0 atom stereocenters. The van der Waals surface area contributed by atoms with Crippen LogP contribution in [-0.2, 0) is 13.0 Å². The zero-order valence-electron chi connectivity index (χ0n) is 11.2. The Bertz CT molecular complexity index is 715. The number of amides is 1. The molecule has 0 fully saturated rings. The number of benzene rings is 2. The van der Waals surface area contributed by atoms with Gasteiger partial charge in [0, 0.05) is 18.7 Å². The topological polar surface area (TPSA) is 60.8 Å². The van der Waals surface area contributed by atoms with E-state index in [4.69, 9.17) is 0 Å². The Morgan fingerprint density at radius 3 is 2.62 bits per heavy atom. The fourth-order valence-corrected chi connectivity index (χ4v) is 2.53. The van der Waals surface area contributed by atoms with E-state index >= 15 is 0 Å². The molecule has 4 nitrogen and oxygen atoms in total. The van der Waals surface area contributed by atoms with Crippen LogP contribution in [0.25, 0.3) is 0 Å². The Kier molecular flexibility index (Phi) is 3.25. The van der Waals surface area contributed by atoms with E-state index in [0.717, 1.165) is 11.1 Å². The summed E-state index contributed by atoms with van der Waals surface area (Å²) in [6.45, 7) is 0.910. The highest BCUT2D eigenvalue weighted by Crippen LogP contribution is 2.27. The number of phenolic OH excluding ortho intramolecular Hbond substituents is 2. The van der Waals surface area contributed by atoms with Crippen molar-refractivity contribution in [2.24, 2.45) is 0 Å². The molecular formula is C16H14FNO3. The lowest BCUT2D eigenvalue weighted by Gasteiger charge is -2.29. The number of halogens is 1. The minimum Gasteiger partial charge on any atom is -0.504 e. The van der Waals surface area contributed by atoms with Crippen molar-refractivity contribution in [1.82, 2.24) is 4.90 Å². The third kappa shape index (κ3) is 2.54. The number of rotatable bonds is 1. The zero-order valence-corrected chi connectivity index (χ0v) is 11.2. The van der Waals surface area contributed by atoms with E-state index in [-0.39, 0.29) is 23.2 Å². The number of phenols is 2. The normalized spacial score (nSPS) is 13.9. The Labute approximate surface area is 121 Å². The van der Waals surface area contributed by atoms with Gasteiger partial charge in [0.2, 0.25) is 0 Å². The van der Waals surface area contributed by atoms with Crippen LogP contribution >= 0.6 is 0 Å². The van der Waals surface area contributed by atoms with Crippen molar-refractivity contribution in [2.45, 2.75) is 13.0 Å². The van der Waals surface area contributed by atoms with Crippen LogP contribution in [0.3, 0.4) is 0 Å². The number of fused-ring (bicyclic) bond motifs is 1. The molecule has 0 saturated heterocycles. The van der Waals surface area contributed by atoms with Crippen molar-refractivity contribution in [2.75, 3.05) is 6.54 Å². The molecule has 0 aromatic heterocycles. The Morgan fingerprint density at radius 1 is 1.05 bits per heavy atom. The highest BCUT2D eigenvalue weighted by atomic mass is 19.1. The predicted molar refractivity (Wildman–Crippen MR) is 74.6 cm³/mol. The summed E-state index contributed by atoms with van der Waals surface area (Å²) in [5.41, 5.74) is 2.17. The Balaban J connectivity index is 1.83. The van der Waals surface area contributed by atoms with Crippen molar-refractivity contribution < 1.29 is 19.4 Å². The minimum atomic E-state index is -0.319. The largest absolute Gasteiger partial charge is 0.504 e. The standard InChI is InChI=1S/C16H14FNO3/c17-13-3-1-12-9-18(6-5-10(12)7-13)16(21)11-2-4-14(19)15(20)8-11/h1-4,7-8,19-20H,5-6,9H2. The second kappa shape index (κ2) is 5.09. The average molecular weight is 287 g/mol. The van der Waals surface area contributed by atoms with Gasteiger partial charge in [0.05, 0.1) is 0 Å². The van der Waals surface area contributed by atoms with Crippen LogP contribution in [0, 0.1) is 5.82 Å². The highest BCUT2D eigenvalue weighted by molar-refractivity contribution is 5.95. The molecule has 0 bridgehead atoms. The number of hydrogen-bond donors (Lipinski definition) is 2. The number of carbonyl (C=O) groups excluding carboxylic acids is 1. The van der Waals surface area contributed by atoms with Crippen LogP contribution in [0.15, 0.2) is 36.4 Å². The molecule has 5 heteroatoms. The molecule has 0 aliphatic carbocycles. The zero-order chi connectivity index (χ0) is 15.0. The van der Waals surface area contributed by atoms with E-state index in [9.17, 15) is 19.4 Å². The van der Waals surface area contributed by atoms with Crippen molar-refractivity contribution in [1.29, 1.82) is 0 Å². The van der Waals surface area contributed by atoms with Gasteiger partial charge < -0.3 is 15.1 Å². The molecule has 1 heterocycles. The molecule has 1 amide bonds. The molecule has 0 spiro atoms. The third-order valence-corrected chi connectivity index (χ3v) is 3.69. The van der Waals surface area contributed by atoms with Gasteiger partial charge in [-0.05, 0) is 47.9 Å². The van der Waals surface area contributed by atoms with Gasteiger partial charge in [-0.15, -0.1) is 0 Å². The van der Waals surface area contributed by atoms with E-state index in [1.807, 2.05) is 0 Å². The van der Waals surface area contributed by atoms with Crippen molar-refractivity contribution in [3.05, 3.63) is 58.9 Å². The number of carbonyl (C=O) groups is 1. The third-order valence-electron chi connectivity index (χ3n) is 3.69. The summed E-state index contributed by atoms with van der Waals surface area (Å²) in [4.78, 5) is 14.0. The molecule has 2 aromatic carbocycles. The van der Waals surface area contributed by atoms with Crippen molar-refractivity contribution in [3.8, 4) is 11.5 Å². The lowest BCUT2D eigenvalue weighted by molar-refractivity contribution is 0.0734. The van der Waals surface area contributed by atoms with Gasteiger partial charge in [0.15, 0.2) is 11.5 Å². The first kappa shape index (κ1) is 13.4. The summed E-state index contributed by atoms with van der Waals surface area (Å²) < 4.78 is 13.2. The van der Waals surface area contributed by atoms with E-state index < -0.39 is 0 Å². The second-order valence-corrected chi connectivity index (χ2v) is 5.09. The molecule has 2 N–H and O–H groups in total.